The van der Waals surface area contributed by atoms with E-state index in [0.717, 1.165) is 31.5 Å². The largest absolute Gasteiger partial charge is 0.381 e. The zero-order valence-electron chi connectivity index (χ0n) is 15.0. The number of hydrogen-bond acceptors (Lipinski definition) is 4. The van der Waals surface area contributed by atoms with Crippen molar-refractivity contribution in [2.24, 2.45) is 5.92 Å². The number of likely N-dealkylation sites (tertiary alicyclic amines) is 1. The molecule has 23 heavy (non-hydrogen) atoms. The van der Waals surface area contributed by atoms with E-state index in [2.05, 4.69) is 37.3 Å². The van der Waals surface area contributed by atoms with Crippen LogP contribution < -0.4 is 0 Å². The van der Waals surface area contributed by atoms with Crippen LogP contribution >= 0.6 is 0 Å². The summed E-state index contributed by atoms with van der Waals surface area (Å²) < 4.78 is 1.94. The molecule has 6 heteroatoms. The summed E-state index contributed by atoms with van der Waals surface area (Å²) in [6, 6.07) is 0. The van der Waals surface area contributed by atoms with Crippen molar-refractivity contribution >= 4 is 5.91 Å². The Morgan fingerprint density at radius 2 is 1.91 bits per heavy atom. The zero-order chi connectivity index (χ0) is 17.3. The van der Waals surface area contributed by atoms with Crippen LogP contribution in [0.1, 0.15) is 59.6 Å². The molecular formula is C17H30N4O2. The highest BCUT2D eigenvalue weighted by Crippen LogP contribution is 2.25. The fraction of sp³-hybridized carbons (Fsp3) is 0.824. The van der Waals surface area contributed by atoms with Crippen LogP contribution in [0.15, 0.2) is 6.20 Å². The Bertz CT molecular complexity index is 537. The van der Waals surface area contributed by atoms with E-state index in [4.69, 9.17) is 0 Å². The van der Waals surface area contributed by atoms with Crippen LogP contribution in [0.5, 0.6) is 0 Å². The number of rotatable bonds is 5. The predicted molar refractivity (Wildman–Crippen MR) is 88.9 cm³/mol. The Balaban J connectivity index is 1.89. The van der Waals surface area contributed by atoms with Crippen molar-refractivity contribution in [1.82, 2.24) is 19.9 Å². The minimum atomic E-state index is -1.28. The van der Waals surface area contributed by atoms with Gasteiger partial charge in [-0.15, -0.1) is 5.10 Å². The molecule has 0 unspecified atom stereocenters. The molecule has 0 atom stereocenters. The first-order chi connectivity index (χ1) is 10.6. The van der Waals surface area contributed by atoms with Crippen LogP contribution in [-0.4, -0.2) is 49.6 Å². The fourth-order valence-corrected chi connectivity index (χ4v) is 2.85. The van der Waals surface area contributed by atoms with Gasteiger partial charge < -0.3 is 10.0 Å². The minimum Gasteiger partial charge on any atom is -0.381 e. The average molecular weight is 322 g/mol. The van der Waals surface area contributed by atoms with Crippen LogP contribution in [0.2, 0.25) is 0 Å². The van der Waals surface area contributed by atoms with Gasteiger partial charge in [0.25, 0.3) is 5.91 Å². The third-order valence-electron chi connectivity index (χ3n) is 4.99. The highest BCUT2D eigenvalue weighted by atomic mass is 16.3. The van der Waals surface area contributed by atoms with Crippen LogP contribution in [0, 0.1) is 5.92 Å². The molecule has 0 aromatic carbocycles. The van der Waals surface area contributed by atoms with Gasteiger partial charge in [0.05, 0.1) is 5.69 Å². The molecule has 0 spiro atoms. The quantitative estimate of drug-likeness (QED) is 0.900. The van der Waals surface area contributed by atoms with Crippen molar-refractivity contribution in [3.8, 4) is 0 Å². The fourth-order valence-electron chi connectivity index (χ4n) is 2.85. The molecule has 2 heterocycles. The number of aliphatic hydroxyl groups is 1. The maximum atomic E-state index is 12.1. The normalized spacial score (nSPS) is 17.6. The first-order valence-corrected chi connectivity index (χ1v) is 8.56. The van der Waals surface area contributed by atoms with E-state index >= 15 is 0 Å². The molecule has 1 aliphatic rings. The maximum Gasteiger partial charge on any atom is 0.253 e. The molecule has 1 aliphatic heterocycles. The van der Waals surface area contributed by atoms with Crippen molar-refractivity contribution in [1.29, 1.82) is 0 Å². The predicted octanol–water partition coefficient (Wildman–Crippen LogP) is 1.98. The summed E-state index contributed by atoms with van der Waals surface area (Å²) in [4.78, 5) is 13.8. The van der Waals surface area contributed by atoms with E-state index in [1.165, 1.54) is 0 Å². The van der Waals surface area contributed by atoms with Gasteiger partial charge in [-0.05, 0) is 39.0 Å². The minimum absolute atomic E-state index is 0.0563. The summed E-state index contributed by atoms with van der Waals surface area (Å²) in [5.74, 6) is 0.323. The smallest absolute Gasteiger partial charge is 0.253 e. The van der Waals surface area contributed by atoms with Gasteiger partial charge in [0, 0.05) is 31.2 Å². The maximum absolute atomic E-state index is 12.1. The third-order valence-corrected chi connectivity index (χ3v) is 4.99. The Labute approximate surface area is 138 Å². The van der Waals surface area contributed by atoms with E-state index in [-0.39, 0.29) is 11.3 Å². The molecule has 1 amide bonds. The van der Waals surface area contributed by atoms with E-state index in [1.807, 2.05) is 4.68 Å². The molecule has 1 aromatic rings. The summed E-state index contributed by atoms with van der Waals surface area (Å²) in [7, 11) is 0. The lowest BCUT2D eigenvalue weighted by atomic mass is 9.87. The van der Waals surface area contributed by atoms with Crippen LogP contribution in [-0.2, 0) is 16.8 Å². The Morgan fingerprint density at radius 1 is 1.30 bits per heavy atom. The van der Waals surface area contributed by atoms with Gasteiger partial charge in [-0.3, -0.25) is 9.48 Å². The highest BCUT2D eigenvalue weighted by molar-refractivity contribution is 5.84. The van der Waals surface area contributed by atoms with Crippen molar-refractivity contribution < 1.29 is 9.90 Å². The lowest BCUT2D eigenvalue weighted by molar-refractivity contribution is -0.149. The van der Waals surface area contributed by atoms with E-state index < -0.39 is 5.60 Å². The zero-order valence-corrected chi connectivity index (χ0v) is 15.0. The SMILES string of the molecule is CCC(C)(C)c1cn(CC2CCN(C(=O)C(C)(C)O)CC2)nn1. The van der Waals surface area contributed by atoms with E-state index in [9.17, 15) is 9.90 Å². The first-order valence-electron chi connectivity index (χ1n) is 8.56. The van der Waals surface area contributed by atoms with Crippen molar-refractivity contribution in [3.05, 3.63) is 11.9 Å². The second kappa shape index (κ2) is 6.59. The molecule has 0 saturated carbocycles. The van der Waals surface area contributed by atoms with Crippen molar-refractivity contribution in [2.45, 2.75) is 71.4 Å². The van der Waals surface area contributed by atoms with Crippen LogP contribution in [0.3, 0.4) is 0 Å². The van der Waals surface area contributed by atoms with Crippen molar-refractivity contribution in [3.63, 3.8) is 0 Å². The third kappa shape index (κ3) is 4.31. The van der Waals surface area contributed by atoms with Crippen LogP contribution in [0.4, 0.5) is 0 Å². The van der Waals surface area contributed by atoms with Gasteiger partial charge in [0.1, 0.15) is 5.60 Å². The van der Waals surface area contributed by atoms with Crippen molar-refractivity contribution in [2.75, 3.05) is 13.1 Å². The number of hydrogen-bond donors (Lipinski definition) is 1. The summed E-state index contributed by atoms with van der Waals surface area (Å²) in [5.41, 5.74) is -0.185. The lowest BCUT2D eigenvalue weighted by Gasteiger charge is -2.35. The molecule has 1 fully saturated rings. The molecule has 1 N–H and O–H groups in total. The lowest BCUT2D eigenvalue weighted by Crippen LogP contribution is -2.48. The molecule has 130 valence electrons. The highest BCUT2D eigenvalue weighted by Gasteiger charge is 2.32. The first kappa shape index (κ1) is 17.9. The van der Waals surface area contributed by atoms with Gasteiger partial charge in [-0.25, -0.2) is 0 Å². The van der Waals surface area contributed by atoms with Crippen LogP contribution in [0.25, 0.3) is 0 Å². The summed E-state index contributed by atoms with van der Waals surface area (Å²) in [5, 5.41) is 18.4. The van der Waals surface area contributed by atoms with Gasteiger partial charge >= 0.3 is 0 Å². The summed E-state index contributed by atoms with van der Waals surface area (Å²) in [6.07, 6.45) is 4.96. The molecule has 0 aliphatic carbocycles. The summed E-state index contributed by atoms with van der Waals surface area (Å²) in [6.45, 7) is 11.9. The number of carbonyl (C=O) groups is 1. The van der Waals surface area contributed by atoms with E-state index in [1.54, 1.807) is 18.7 Å². The number of amides is 1. The molecule has 0 radical (unpaired) electrons. The second-order valence-electron chi connectivity index (χ2n) is 7.86. The number of nitrogens with zero attached hydrogens (tertiary/aromatic N) is 4. The Hall–Kier alpha value is -1.43. The number of aromatic nitrogens is 3. The van der Waals surface area contributed by atoms with Gasteiger partial charge in [0.15, 0.2) is 0 Å². The summed E-state index contributed by atoms with van der Waals surface area (Å²) >= 11 is 0. The Kier molecular flexibility index (Phi) is 5.14. The molecule has 2 rings (SSSR count). The Morgan fingerprint density at radius 3 is 2.43 bits per heavy atom. The topological polar surface area (TPSA) is 71.2 Å². The van der Waals surface area contributed by atoms with E-state index in [0.29, 0.717) is 19.0 Å². The van der Waals surface area contributed by atoms with Gasteiger partial charge in [-0.2, -0.15) is 0 Å². The second-order valence-corrected chi connectivity index (χ2v) is 7.86. The number of piperidine rings is 1. The molecule has 1 aromatic heterocycles. The molecule has 1 saturated heterocycles. The van der Waals surface area contributed by atoms with Gasteiger partial charge in [-0.1, -0.05) is 26.0 Å². The number of carbonyl (C=O) groups excluding carboxylic acids is 1. The monoisotopic (exact) mass is 322 g/mol. The standard InChI is InChI=1S/C17H30N4O2/c1-6-16(2,3)14-12-21(19-18-14)11-13-7-9-20(10-8-13)15(22)17(4,5)23/h12-13,23H,6-11H2,1-5H3. The average Bonchev–Trinajstić information content (AvgIpc) is 2.96. The van der Waals surface area contributed by atoms with Gasteiger partial charge in [0.2, 0.25) is 0 Å². The molecule has 6 nitrogen and oxygen atoms in total. The molecule has 0 bridgehead atoms. The molecular weight excluding hydrogens is 292 g/mol.